The average Bonchev–Trinajstić information content (AvgIpc) is 3.01. The van der Waals surface area contributed by atoms with Crippen molar-refractivity contribution in [3.63, 3.8) is 0 Å². The molecule has 8 heteroatoms. The molecule has 0 radical (unpaired) electrons. The molecular formula is C37H62O8. The Labute approximate surface area is 272 Å². The number of allylic oxidation sites excluding steroid dienone is 7. The van der Waals surface area contributed by atoms with Gasteiger partial charge in [0.15, 0.2) is 6.10 Å². The molecule has 0 aromatic rings. The van der Waals surface area contributed by atoms with E-state index in [1.807, 2.05) is 19.1 Å². The first-order valence-corrected chi connectivity index (χ1v) is 17.0. The second-order valence-electron chi connectivity index (χ2n) is 11.9. The molecule has 258 valence electrons. The van der Waals surface area contributed by atoms with E-state index in [-0.39, 0.29) is 25.9 Å². The summed E-state index contributed by atoms with van der Waals surface area (Å²) in [6, 6.07) is 0. The van der Waals surface area contributed by atoms with Crippen LogP contribution in [0.15, 0.2) is 60.8 Å². The molecular weight excluding hydrogens is 572 g/mol. The van der Waals surface area contributed by atoms with E-state index in [9.17, 15) is 30.0 Å². The van der Waals surface area contributed by atoms with Gasteiger partial charge in [-0.25, -0.2) is 0 Å². The number of carbonyl (C=O) groups excluding carboxylic acids is 2. The van der Waals surface area contributed by atoms with E-state index < -0.39 is 43.0 Å². The lowest BCUT2D eigenvalue weighted by atomic mass is 10.0. The maximum Gasteiger partial charge on any atom is 0.306 e. The van der Waals surface area contributed by atoms with Crippen LogP contribution in [0.1, 0.15) is 117 Å². The fourth-order valence-electron chi connectivity index (χ4n) is 4.37. The van der Waals surface area contributed by atoms with Crippen LogP contribution in [0.4, 0.5) is 0 Å². The minimum atomic E-state index is -1.08. The Kier molecular flexibility index (Phi) is 28.5. The van der Waals surface area contributed by atoms with Gasteiger partial charge in [-0.05, 0) is 38.0 Å². The highest BCUT2D eigenvalue weighted by Gasteiger charge is 2.17. The number of esters is 2. The van der Waals surface area contributed by atoms with Crippen LogP contribution in [-0.2, 0) is 19.1 Å². The Morgan fingerprint density at radius 1 is 0.689 bits per heavy atom. The van der Waals surface area contributed by atoms with E-state index in [4.69, 9.17) is 9.47 Å². The van der Waals surface area contributed by atoms with Crippen molar-refractivity contribution in [2.45, 2.75) is 141 Å². The summed E-state index contributed by atoms with van der Waals surface area (Å²) >= 11 is 0. The second kappa shape index (κ2) is 30.2. The fourth-order valence-corrected chi connectivity index (χ4v) is 4.37. The zero-order valence-corrected chi connectivity index (χ0v) is 28.1. The SMILES string of the molecule is CC/C=C\C[C@@H](O)/C=C/C=C/C=C\C=C/[C@H](O)[C@@H](O)CCCC(=O)OC[C@H](CO)OC(=O)CCCCCCCCCCC(C)C. The first kappa shape index (κ1) is 42.5. The Bertz CT molecular complexity index is 874. The third kappa shape index (κ3) is 28.7. The normalized spacial score (nSPS) is 15.2. The highest BCUT2D eigenvalue weighted by Crippen LogP contribution is 2.14. The van der Waals surface area contributed by atoms with Crippen molar-refractivity contribution in [3.8, 4) is 0 Å². The van der Waals surface area contributed by atoms with Gasteiger partial charge in [-0.15, -0.1) is 0 Å². The van der Waals surface area contributed by atoms with Crippen molar-refractivity contribution in [2.24, 2.45) is 5.92 Å². The van der Waals surface area contributed by atoms with Crippen LogP contribution in [0, 0.1) is 5.92 Å². The molecule has 8 nitrogen and oxygen atoms in total. The quantitative estimate of drug-likeness (QED) is 0.0319. The molecule has 0 rings (SSSR count). The predicted molar refractivity (Wildman–Crippen MR) is 181 cm³/mol. The van der Waals surface area contributed by atoms with Gasteiger partial charge in [0.1, 0.15) is 6.61 Å². The molecule has 4 N–H and O–H groups in total. The molecule has 0 amide bonds. The summed E-state index contributed by atoms with van der Waals surface area (Å²) in [4.78, 5) is 24.2. The van der Waals surface area contributed by atoms with E-state index in [0.29, 0.717) is 12.8 Å². The van der Waals surface area contributed by atoms with E-state index in [2.05, 4.69) is 13.8 Å². The lowest BCUT2D eigenvalue weighted by molar-refractivity contribution is -0.161. The number of aliphatic hydroxyl groups is 4. The molecule has 0 aromatic carbocycles. The maximum absolute atomic E-state index is 12.1. The van der Waals surface area contributed by atoms with Gasteiger partial charge in [0.25, 0.3) is 0 Å². The first-order chi connectivity index (χ1) is 21.7. The molecule has 0 unspecified atom stereocenters. The molecule has 0 saturated carbocycles. The molecule has 0 aliphatic carbocycles. The minimum Gasteiger partial charge on any atom is -0.462 e. The Hall–Kier alpha value is -2.52. The predicted octanol–water partition coefficient (Wildman–Crippen LogP) is 6.82. The summed E-state index contributed by atoms with van der Waals surface area (Å²) in [5, 5.41) is 39.5. The summed E-state index contributed by atoms with van der Waals surface area (Å²) < 4.78 is 10.4. The van der Waals surface area contributed by atoms with Crippen LogP contribution < -0.4 is 0 Å². The van der Waals surface area contributed by atoms with Gasteiger partial charge >= 0.3 is 11.9 Å². The summed E-state index contributed by atoms with van der Waals surface area (Å²) in [5.74, 6) is -0.156. The third-order valence-electron chi connectivity index (χ3n) is 7.10. The van der Waals surface area contributed by atoms with Crippen molar-refractivity contribution >= 4 is 11.9 Å². The summed E-state index contributed by atoms with van der Waals surface area (Å²) in [6.07, 6.45) is 26.7. The molecule has 0 aliphatic heterocycles. The number of carbonyl (C=O) groups is 2. The molecule has 0 spiro atoms. The first-order valence-electron chi connectivity index (χ1n) is 17.0. The van der Waals surface area contributed by atoms with E-state index in [1.165, 1.54) is 44.6 Å². The molecule has 0 fully saturated rings. The van der Waals surface area contributed by atoms with Gasteiger partial charge in [-0.3, -0.25) is 9.59 Å². The van der Waals surface area contributed by atoms with Crippen LogP contribution in [0.2, 0.25) is 0 Å². The second-order valence-corrected chi connectivity index (χ2v) is 11.9. The molecule has 4 atom stereocenters. The molecule has 45 heavy (non-hydrogen) atoms. The van der Waals surface area contributed by atoms with Gasteiger partial charge in [-0.1, -0.05) is 133 Å². The van der Waals surface area contributed by atoms with Crippen molar-refractivity contribution in [3.05, 3.63) is 60.8 Å². The van der Waals surface area contributed by atoms with Crippen molar-refractivity contribution in [2.75, 3.05) is 13.2 Å². The van der Waals surface area contributed by atoms with Gasteiger partial charge in [0.2, 0.25) is 0 Å². The van der Waals surface area contributed by atoms with Crippen molar-refractivity contribution < 1.29 is 39.5 Å². The number of unbranched alkanes of at least 4 members (excludes halogenated alkanes) is 7. The number of ether oxygens (including phenoxy) is 2. The van der Waals surface area contributed by atoms with Crippen LogP contribution in [0.3, 0.4) is 0 Å². The molecule has 0 saturated heterocycles. The van der Waals surface area contributed by atoms with Crippen LogP contribution in [0.5, 0.6) is 0 Å². The zero-order valence-electron chi connectivity index (χ0n) is 28.1. The lowest BCUT2D eigenvalue weighted by Crippen LogP contribution is -2.28. The Morgan fingerprint density at radius 2 is 1.27 bits per heavy atom. The highest BCUT2D eigenvalue weighted by molar-refractivity contribution is 5.70. The van der Waals surface area contributed by atoms with Crippen LogP contribution in [0.25, 0.3) is 0 Å². The number of aliphatic hydroxyl groups excluding tert-OH is 4. The third-order valence-corrected chi connectivity index (χ3v) is 7.10. The van der Waals surface area contributed by atoms with E-state index in [0.717, 1.165) is 31.6 Å². The number of hydrogen-bond donors (Lipinski definition) is 4. The number of rotatable bonds is 28. The van der Waals surface area contributed by atoms with E-state index in [1.54, 1.807) is 42.5 Å². The highest BCUT2D eigenvalue weighted by atomic mass is 16.6. The standard InChI is InChI=1S/C37H62O8/c1-4-5-16-23-32(39)24-18-13-10-11-14-19-25-34(40)35(41)26-21-28-36(42)44-30-33(29-38)45-37(43)27-20-15-9-7-6-8-12-17-22-31(2)3/h5,10-11,13-14,16,18-19,24-25,31-35,38-41H,4,6-9,12,15,17,20-23,26-30H2,1-3H3/b13-10+,14-11-,16-5-,24-18+,25-19-/t32-,33+,34+,35+/m1/s1. The summed E-state index contributed by atoms with van der Waals surface area (Å²) in [7, 11) is 0. The van der Waals surface area contributed by atoms with Crippen molar-refractivity contribution in [1.29, 1.82) is 0 Å². The monoisotopic (exact) mass is 634 g/mol. The molecule has 0 bridgehead atoms. The average molecular weight is 635 g/mol. The van der Waals surface area contributed by atoms with Gasteiger partial charge in [0.05, 0.1) is 24.9 Å². The maximum atomic E-state index is 12.1. The van der Waals surface area contributed by atoms with E-state index >= 15 is 0 Å². The Morgan fingerprint density at radius 3 is 1.89 bits per heavy atom. The van der Waals surface area contributed by atoms with Gasteiger partial charge in [0, 0.05) is 12.8 Å². The smallest absolute Gasteiger partial charge is 0.306 e. The summed E-state index contributed by atoms with van der Waals surface area (Å²) in [5.41, 5.74) is 0. The largest absolute Gasteiger partial charge is 0.462 e. The van der Waals surface area contributed by atoms with Gasteiger partial charge < -0.3 is 29.9 Å². The zero-order chi connectivity index (χ0) is 33.5. The van der Waals surface area contributed by atoms with Gasteiger partial charge in [-0.2, -0.15) is 0 Å². The molecule has 0 aromatic heterocycles. The summed E-state index contributed by atoms with van der Waals surface area (Å²) in [6.45, 7) is 5.90. The lowest BCUT2D eigenvalue weighted by Gasteiger charge is -2.16. The molecule has 0 heterocycles. The minimum absolute atomic E-state index is 0.0269. The number of hydrogen-bond acceptors (Lipinski definition) is 8. The Balaban J connectivity index is 4.02. The van der Waals surface area contributed by atoms with Crippen LogP contribution >= 0.6 is 0 Å². The topological polar surface area (TPSA) is 134 Å². The van der Waals surface area contributed by atoms with Crippen molar-refractivity contribution in [1.82, 2.24) is 0 Å². The van der Waals surface area contributed by atoms with Crippen LogP contribution in [-0.4, -0.2) is 70.0 Å². The fraction of sp³-hybridized carbons (Fsp3) is 0.676. The molecule has 0 aliphatic rings.